The smallest absolute Gasteiger partial charge is 0.317 e. The molecule has 7 nitrogen and oxygen atoms in total. The molecule has 0 unspecified atom stereocenters. The van der Waals surface area contributed by atoms with Crippen LogP contribution in [0.25, 0.3) is 0 Å². The van der Waals surface area contributed by atoms with Crippen LogP contribution < -0.4 is 5.32 Å². The van der Waals surface area contributed by atoms with Crippen molar-refractivity contribution < 1.29 is 14.4 Å². The standard InChI is InChI=1S/C14H22N4O3/c19-11-6-7-18(9-11)14(20)15-8-12-16-13(17-21-12)10-4-2-1-3-5-10/h10-11,19H,1-9H2,(H,15,20)/t11-/m1/s1. The second kappa shape index (κ2) is 6.43. The van der Waals surface area contributed by atoms with Gasteiger partial charge in [0.2, 0.25) is 5.89 Å². The van der Waals surface area contributed by atoms with Crippen LogP contribution in [-0.2, 0) is 6.54 Å². The van der Waals surface area contributed by atoms with E-state index >= 15 is 0 Å². The molecule has 1 aromatic heterocycles. The number of carbonyl (C=O) groups is 1. The lowest BCUT2D eigenvalue weighted by atomic mass is 9.89. The van der Waals surface area contributed by atoms with Crippen molar-refractivity contribution in [3.63, 3.8) is 0 Å². The van der Waals surface area contributed by atoms with Gasteiger partial charge in [-0.2, -0.15) is 4.98 Å². The molecule has 1 aliphatic heterocycles. The lowest BCUT2D eigenvalue weighted by Crippen LogP contribution is -2.38. The van der Waals surface area contributed by atoms with Crippen molar-refractivity contribution in [3.05, 3.63) is 11.7 Å². The highest BCUT2D eigenvalue weighted by Gasteiger charge is 2.25. The third kappa shape index (κ3) is 3.53. The SMILES string of the molecule is O=C(NCc1nc(C2CCCCC2)no1)N1CC[C@@H](O)C1. The lowest BCUT2D eigenvalue weighted by Gasteiger charge is -2.17. The van der Waals surface area contributed by atoms with E-state index in [1.165, 1.54) is 19.3 Å². The van der Waals surface area contributed by atoms with E-state index in [2.05, 4.69) is 15.5 Å². The van der Waals surface area contributed by atoms with Crippen LogP contribution >= 0.6 is 0 Å². The highest BCUT2D eigenvalue weighted by Crippen LogP contribution is 2.30. The van der Waals surface area contributed by atoms with Gasteiger partial charge in [0, 0.05) is 19.0 Å². The highest BCUT2D eigenvalue weighted by molar-refractivity contribution is 5.74. The van der Waals surface area contributed by atoms with E-state index in [-0.39, 0.29) is 12.6 Å². The molecule has 2 heterocycles. The van der Waals surface area contributed by atoms with Crippen molar-refractivity contribution >= 4 is 6.03 Å². The van der Waals surface area contributed by atoms with E-state index in [1.807, 2.05) is 0 Å². The summed E-state index contributed by atoms with van der Waals surface area (Å²) in [5, 5.41) is 16.2. The average Bonchev–Trinajstić information content (AvgIpc) is 3.15. The molecule has 2 fully saturated rings. The predicted molar refractivity (Wildman–Crippen MR) is 74.6 cm³/mol. The normalized spacial score (nSPS) is 23.5. The van der Waals surface area contributed by atoms with Gasteiger partial charge in [0.25, 0.3) is 0 Å². The van der Waals surface area contributed by atoms with Crippen LogP contribution in [0, 0.1) is 0 Å². The van der Waals surface area contributed by atoms with E-state index < -0.39 is 6.10 Å². The van der Waals surface area contributed by atoms with Crippen molar-refractivity contribution in [1.82, 2.24) is 20.4 Å². The molecule has 0 bridgehead atoms. The first kappa shape index (κ1) is 14.3. The van der Waals surface area contributed by atoms with Gasteiger partial charge in [0.05, 0.1) is 12.6 Å². The maximum Gasteiger partial charge on any atom is 0.317 e. The van der Waals surface area contributed by atoms with E-state index in [1.54, 1.807) is 4.90 Å². The molecule has 3 rings (SSSR count). The zero-order chi connectivity index (χ0) is 14.7. The van der Waals surface area contributed by atoms with Gasteiger partial charge in [0.15, 0.2) is 5.82 Å². The molecule has 0 spiro atoms. The second-order valence-electron chi connectivity index (χ2n) is 5.93. The van der Waals surface area contributed by atoms with Gasteiger partial charge in [-0.1, -0.05) is 24.4 Å². The number of rotatable bonds is 3. The number of β-amino-alcohol motifs (C(OH)–C–C–N with tert-alkyl or cyclic N) is 1. The van der Waals surface area contributed by atoms with Gasteiger partial charge < -0.3 is 19.8 Å². The molecule has 0 radical (unpaired) electrons. The molecule has 1 saturated heterocycles. The van der Waals surface area contributed by atoms with Crippen molar-refractivity contribution in [2.45, 2.75) is 57.1 Å². The van der Waals surface area contributed by atoms with Crippen molar-refractivity contribution in [2.75, 3.05) is 13.1 Å². The van der Waals surface area contributed by atoms with Crippen molar-refractivity contribution in [3.8, 4) is 0 Å². The third-order valence-corrected chi connectivity index (χ3v) is 4.30. The molecule has 2 amide bonds. The Labute approximate surface area is 123 Å². The van der Waals surface area contributed by atoms with Crippen LogP contribution in [-0.4, -0.2) is 45.4 Å². The highest BCUT2D eigenvalue weighted by atomic mass is 16.5. The van der Waals surface area contributed by atoms with Crippen LogP contribution in [0.1, 0.15) is 56.2 Å². The van der Waals surface area contributed by atoms with Crippen LogP contribution in [0.2, 0.25) is 0 Å². The van der Waals surface area contributed by atoms with E-state index in [9.17, 15) is 9.90 Å². The summed E-state index contributed by atoms with van der Waals surface area (Å²) in [5.41, 5.74) is 0. The van der Waals surface area contributed by atoms with Crippen LogP contribution in [0.4, 0.5) is 4.79 Å². The first-order valence-electron chi connectivity index (χ1n) is 7.75. The molecule has 1 aliphatic carbocycles. The molecule has 0 aromatic carbocycles. The first-order valence-corrected chi connectivity index (χ1v) is 7.75. The van der Waals surface area contributed by atoms with Gasteiger partial charge in [-0.05, 0) is 19.3 Å². The number of aliphatic hydroxyl groups is 1. The van der Waals surface area contributed by atoms with Gasteiger partial charge >= 0.3 is 6.03 Å². The summed E-state index contributed by atoms with van der Waals surface area (Å²) in [6.07, 6.45) is 6.22. The monoisotopic (exact) mass is 294 g/mol. The summed E-state index contributed by atoms with van der Waals surface area (Å²) in [6, 6.07) is -0.191. The zero-order valence-corrected chi connectivity index (χ0v) is 12.1. The maximum atomic E-state index is 11.9. The number of aromatic nitrogens is 2. The molecule has 2 aliphatic rings. The summed E-state index contributed by atoms with van der Waals surface area (Å²) in [4.78, 5) is 17.9. The van der Waals surface area contributed by atoms with E-state index in [0.717, 1.165) is 18.7 Å². The number of aliphatic hydroxyl groups excluding tert-OH is 1. The summed E-state index contributed by atoms with van der Waals surface area (Å²) in [7, 11) is 0. The lowest BCUT2D eigenvalue weighted by molar-refractivity contribution is 0.171. The zero-order valence-electron chi connectivity index (χ0n) is 12.1. The number of likely N-dealkylation sites (tertiary alicyclic amines) is 1. The van der Waals surface area contributed by atoms with Gasteiger partial charge in [-0.3, -0.25) is 0 Å². The molecule has 1 aromatic rings. The largest absolute Gasteiger partial charge is 0.391 e. The van der Waals surface area contributed by atoms with Crippen LogP contribution in [0.5, 0.6) is 0 Å². The van der Waals surface area contributed by atoms with Crippen LogP contribution in [0.3, 0.4) is 0 Å². The summed E-state index contributed by atoms with van der Waals surface area (Å²) in [6.45, 7) is 1.22. The fourth-order valence-electron chi connectivity index (χ4n) is 3.06. The minimum Gasteiger partial charge on any atom is -0.391 e. The first-order chi connectivity index (χ1) is 10.2. The number of nitrogens with one attached hydrogen (secondary N) is 1. The Morgan fingerprint density at radius 2 is 2.14 bits per heavy atom. The average molecular weight is 294 g/mol. The molecule has 116 valence electrons. The Balaban J connectivity index is 1.49. The summed E-state index contributed by atoms with van der Waals surface area (Å²) >= 11 is 0. The Kier molecular flexibility index (Phi) is 4.38. The fraction of sp³-hybridized carbons (Fsp3) is 0.786. The molecule has 21 heavy (non-hydrogen) atoms. The molecule has 1 saturated carbocycles. The van der Waals surface area contributed by atoms with E-state index in [0.29, 0.717) is 31.3 Å². The van der Waals surface area contributed by atoms with Gasteiger partial charge in [0.1, 0.15) is 0 Å². The minimum absolute atomic E-state index is 0.191. The molecule has 1 atom stereocenters. The fourth-order valence-corrected chi connectivity index (χ4v) is 3.06. The Hall–Kier alpha value is -1.63. The second-order valence-corrected chi connectivity index (χ2v) is 5.93. The summed E-state index contributed by atoms with van der Waals surface area (Å²) < 4.78 is 5.21. The quantitative estimate of drug-likeness (QED) is 0.879. The maximum absolute atomic E-state index is 11.9. The Morgan fingerprint density at radius 3 is 2.86 bits per heavy atom. The topological polar surface area (TPSA) is 91.5 Å². The Morgan fingerprint density at radius 1 is 1.33 bits per heavy atom. The number of hydrogen-bond donors (Lipinski definition) is 2. The summed E-state index contributed by atoms with van der Waals surface area (Å²) in [5.74, 6) is 1.62. The number of nitrogens with zero attached hydrogens (tertiary/aromatic N) is 3. The molecular formula is C14H22N4O3. The number of carbonyl (C=O) groups excluding carboxylic acids is 1. The predicted octanol–water partition coefficient (Wildman–Crippen LogP) is 1.39. The van der Waals surface area contributed by atoms with Gasteiger partial charge in [-0.25, -0.2) is 4.79 Å². The van der Waals surface area contributed by atoms with E-state index in [4.69, 9.17) is 4.52 Å². The number of hydrogen-bond acceptors (Lipinski definition) is 5. The van der Waals surface area contributed by atoms with Crippen molar-refractivity contribution in [1.29, 1.82) is 0 Å². The molecule has 7 heteroatoms. The Bertz CT molecular complexity index is 484. The minimum atomic E-state index is -0.406. The number of urea groups is 1. The van der Waals surface area contributed by atoms with Crippen molar-refractivity contribution in [2.24, 2.45) is 0 Å². The number of amides is 2. The third-order valence-electron chi connectivity index (χ3n) is 4.30. The van der Waals surface area contributed by atoms with Crippen LogP contribution in [0.15, 0.2) is 4.52 Å². The molecular weight excluding hydrogens is 272 g/mol. The van der Waals surface area contributed by atoms with Gasteiger partial charge in [-0.15, -0.1) is 0 Å². The molecule has 2 N–H and O–H groups in total.